The number of hydrogen-bond acceptors (Lipinski definition) is 7. The van der Waals surface area contributed by atoms with Crippen molar-refractivity contribution >= 4 is 33.6 Å². The van der Waals surface area contributed by atoms with Gasteiger partial charge in [0.1, 0.15) is 12.1 Å². The van der Waals surface area contributed by atoms with Crippen LogP contribution in [0.1, 0.15) is 22.3 Å². The van der Waals surface area contributed by atoms with Crippen molar-refractivity contribution in [2.45, 2.75) is 16.2 Å². The van der Waals surface area contributed by atoms with Crippen molar-refractivity contribution in [3.8, 4) is 35.1 Å². The molecule has 220 valence electrons. The molecule has 0 atom stereocenters. The minimum atomic E-state index is 0.657. The van der Waals surface area contributed by atoms with Crippen LogP contribution < -0.4 is 18.9 Å². The fourth-order valence-corrected chi connectivity index (χ4v) is 5.76. The van der Waals surface area contributed by atoms with E-state index in [4.69, 9.17) is 29.5 Å². The second kappa shape index (κ2) is 13.6. The third-order valence-corrected chi connectivity index (χ3v) is 8.07. The van der Waals surface area contributed by atoms with Gasteiger partial charge in [-0.3, -0.25) is 0 Å². The second-order valence-electron chi connectivity index (χ2n) is 9.70. The molecule has 0 bridgehead atoms. The molecule has 0 unspecified atom stereocenters. The number of nitrogens with one attached hydrogen (secondary N) is 2. The molecule has 2 aromatic heterocycles. The number of benzene rings is 4. The van der Waals surface area contributed by atoms with Crippen molar-refractivity contribution in [2.24, 2.45) is 0 Å². The molecule has 0 spiro atoms. The minimum Gasteiger partial charge on any atom is -0.493 e. The van der Waals surface area contributed by atoms with E-state index in [0.717, 1.165) is 60.6 Å². The van der Waals surface area contributed by atoms with Crippen molar-refractivity contribution in [1.82, 2.24) is 9.97 Å². The standard InChI is InChI=1S/C18H16N2O2.C17H14N2O2S/c1-21-17-6-4-13(9-18(17)22-2)7-12-3-5-16-15(8-12)14(10-19)11-20-16;1-20-16-6-4-13(8-17(16)21-2)22-12-3-5-15-14(7-12)11(9-18)10-19-15/h3-6,8-9,11,20H,7H2,1-2H3;3-8,10,19H,1-2H3. The number of rotatable bonds is 8. The first-order valence-electron chi connectivity index (χ1n) is 13.6. The zero-order valence-electron chi connectivity index (χ0n) is 24.7. The van der Waals surface area contributed by atoms with Crippen LogP contribution in [0.15, 0.2) is 95.0 Å². The Labute approximate surface area is 259 Å². The number of ether oxygens (including phenoxy) is 4. The van der Waals surface area contributed by atoms with Crippen LogP contribution in [0.5, 0.6) is 23.0 Å². The van der Waals surface area contributed by atoms with Gasteiger partial charge in [-0.25, -0.2) is 0 Å². The Hall–Kier alpha value is -5.51. The maximum atomic E-state index is 9.13. The summed E-state index contributed by atoms with van der Waals surface area (Å²) in [6.45, 7) is 0. The summed E-state index contributed by atoms with van der Waals surface area (Å²) in [6.07, 6.45) is 4.24. The average molecular weight is 603 g/mol. The minimum absolute atomic E-state index is 0.657. The normalized spacial score (nSPS) is 10.4. The highest BCUT2D eigenvalue weighted by Crippen LogP contribution is 2.36. The molecule has 0 aliphatic carbocycles. The zero-order chi connectivity index (χ0) is 31.1. The first kappa shape index (κ1) is 30.0. The molecule has 44 heavy (non-hydrogen) atoms. The lowest BCUT2D eigenvalue weighted by molar-refractivity contribution is 0.354. The molecule has 0 saturated heterocycles. The summed E-state index contributed by atoms with van der Waals surface area (Å²) in [5.74, 6) is 2.85. The molecular weight excluding hydrogens is 572 g/mol. The Morgan fingerprint density at radius 2 is 1.05 bits per heavy atom. The molecule has 0 saturated carbocycles. The number of aromatic nitrogens is 2. The number of methoxy groups -OCH3 is 4. The van der Waals surface area contributed by atoms with E-state index in [-0.39, 0.29) is 0 Å². The number of fused-ring (bicyclic) bond motifs is 2. The zero-order valence-corrected chi connectivity index (χ0v) is 25.5. The van der Waals surface area contributed by atoms with Crippen LogP contribution in [-0.2, 0) is 6.42 Å². The Bertz CT molecular complexity index is 1870. The van der Waals surface area contributed by atoms with Crippen molar-refractivity contribution in [3.63, 3.8) is 0 Å². The van der Waals surface area contributed by atoms with Crippen LogP contribution >= 0.6 is 11.8 Å². The third-order valence-electron chi connectivity index (χ3n) is 7.09. The lowest BCUT2D eigenvalue weighted by Gasteiger charge is -2.09. The molecule has 0 amide bonds. The molecule has 0 fully saturated rings. The maximum absolute atomic E-state index is 9.13. The topological polar surface area (TPSA) is 116 Å². The summed E-state index contributed by atoms with van der Waals surface area (Å²) >= 11 is 1.61. The monoisotopic (exact) mass is 602 g/mol. The summed E-state index contributed by atoms with van der Waals surface area (Å²) in [7, 11) is 6.50. The van der Waals surface area contributed by atoms with Gasteiger partial charge in [-0.05, 0) is 78.2 Å². The van der Waals surface area contributed by atoms with Gasteiger partial charge >= 0.3 is 0 Å². The summed E-state index contributed by atoms with van der Waals surface area (Å²) in [5.41, 5.74) is 5.55. The summed E-state index contributed by atoms with van der Waals surface area (Å²) in [6, 6.07) is 28.3. The van der Waals surface area contributed by atoms with Gasteiger partial charge in [0.05, 0.1) is 39.6 Å². The highest BCUT2D eigenvalue weighted by Gasteiger charge is 2.09. The lowest BCUT2D eigenvalue weighted by atomic mass is 10.0. The van der Waals surface area contributed by atoms with Gasteiger partial charge in [0.15, 0.2) is 23.0 Å². The van der Waals surface area contributed by atoms with Crippen LogP contribution in [0.2, 0.25) is 0 Å². The Kier molecular flexibility index (Phi) is 9.29. The molecule has 6 rings (SSSR count). The van der Waals surface area contributed by atoms with Crippen molar-refractivity contribution in [2.75, 3.05) is 28.4 Å². The molecule has 2 N–H and O–H groups in total. The molecule has 4 aromatic carbocycles. The van der Waals surface area contributed by atoms with E-state index in [0.29, 0.717) is 22.6 Å². The van der Waals surface area contributed by atoms with Gasteiger partial charge in [-0.1, -0.05) is 23.9 Å². The number of hydrogen-bond donors (Lipinski definition) is 2. The number of aromatic amines is 2. The van der Waals surface area contributed by atoms with Gasteiger partial charge in [0.2, 0.25) is 0 Å². The highest BCUT2D eigenvalue weighted by molar-refractivity contribution is 7.99. The van der Waals surface area contributed by atoms with Crippen LogP contribution in [0.3, 0.4) is 0 Å². The summed E-state index contributed by atoms with van der Waals surface area (Å²) in [5, 5.41) is 20.2. The number of nitriles is 2. The molecule has 0 aliphatic rings. The summed E-state index contributed by atoms with van der Waals surface area (Å²) in [4.78, 5) is 8.31. The fourth-order valence-electron chi connectivity index (χ4n) is 4.87. The number of nitrogens with zero attached hydrogens (tertiary/aromatic N) is 2. The van der Waals surface area contributed by atoms with E-state index in [9.17, 15) is 0 Å². The predicted molar refractivity (Wildman–Crippen MR) is 172 cm³/mol. The maximum Gasteiger partial charge on any atom is 0.161 e. The SMILES string of the molecule is COc1ccc(Cc2ccc3[nH]cc(C#N)c3c2)cc1OC.COc1ccc(Sc2ccc3[nH]cc(C#N)c3c2)cc1OC. The first-order valence-corrected chi connectivity index (χ1v) is 14.4. The molecule has 0 radical (unpaired) electrons. The van der Waals surface area contributed by atoms with E-state index < -0.39 is 0 Å². The van der Waals surface area contributed by atoms with Crippen LogP contribution in [0.25, 0.3) is 21.8 Å². The van der Waals surface area contributed by atoms with Crippen molar-refractivity contribution in [1.29, 1.82) is 10.5 Å². The largest absolute Gasteiger partial charge is 0.493 e. The van der Waals surface area contributed by atoms with Gasteiger partial charge in [0, 0.05) is 44.0 Å². The van der Waals surface area contributed by atoms with Gasteiger partial charge < -0.3 is 28.9 Å². The van der Waals surface area contributed by atoms with Gasteiger partial charge in [0.25, 0.3) is 0 Å². The van der Waals surface area contributed by atoms with E-state index in [2.05, 4.69) is 34.2 Å². The first-order chi connectivity index (χ1) is 21.5. The van der Waals surface area contributed by atoms with Crippen LogP contribution in [0.4, 0.5) is 0 Å². The highest BCUT2D eigenvalue weighted by atomic mass is 32.2. The third kappa shape index (κ3) is 6.44. The molecule has 8 nitrogen and oxygen atoms in total. The van der Waals surface area contributed by atoms with Crippen molar-refractivity contribution in [3.05, 3.63) is 107 Å². The van der Waals surface area contributed by atoms with E-state index in [1.807, 2.05) is 60.7 Å². The van der Waals surface area contributed by atoms with Gasteiger partial charge in [-0.2, -0.15) is 10.5 Å². The van der Waals surface area contributed by atoms with Crippen LogP contribution in [0, 0.1) is 22.7 Å². The lowest BCUT2D eigenvalue weighted by Crippen LogP contribution is -1.94. The molecule has 6 aromatic rings. The van der Waals surface area contributed by atoms with E-state index in [1.54, 1.807) is 52.6 Å². The van der Waals surface area contributed by atoms with Crippen LogP contribution in [-0.4, -0.2) is 38.4 Å². The number of H-pyrrole nitrogens is 2. The Morgan fingerprint density at radius 3 is 1.66 bits per heavy atom. The average Bonchev–Trinajstić information content (AvgIpc) is 3.68. The Morgan fingerprint density at radius 1 is 0.568 bits per heavy atom. The van der Waals surface area contributed by atoms with E-state index >= 15 is 0 Å². The van der Waals surface area contributed by atoms with E-state index in [1.165, 1.54) is 0 Å². The molecule has 2 heterocycles. The Balaban J connectivity index is 0.000000175. The predicted octanol–water partition coefficient (Wildman–Crippen LogP) is 7.86. The second-order valence-corrected chi connectivity index (χ2v) is 10.8. The smallest absolute Gasteiger partial charge is 0.161 e. The quantitative estimate of drug-likeness (QED) is 0.182. The molecule has 0 aliphatic heterocycles. The molecular formula is C35H30N4O4S. The summed E-state index contributed by atoms with van der Waals surface area (Å²) < 4.78 is 21.2. The molecule has 9 heteroatoms. The van der Waals surface area contributed by atoms with Crippen molar-refractivity contribution < 1.29 is 18.9 Å². The van der Waals surface area contributed by atoms with Gasteiger partial charge in [-0.15, -0.1) is 0 Å². The fraction of sp³-hybridized carbons (Fsp3) is 0.143.